The maximum Gasteiger partial charge on any atom is 0.134 e. The minimum absolute atomic E-state index is 0.0319. The summed E-state index contributed by atoms with van der Waals surface area (Å²) in [6, 6.07) is 16.1. The Morgan fingerprint density at radius 1 is 1.17 bits per heavy atom. The Morgan fingerprint density at radius 3 is 2.50 bits per heavy atom. The number of rotatable bonds is 4. The average Bonchev–Trinajstić information content (AvgIpc) is 2.38. The number of hydrogen-bond donors (Lipinski definition) is 1. The summed E-state index contributed by atoms with van der Waals surface area (Å²) >= 11 is 3.51. The van der Waals surface area contributed by atoms with Crippen molar-refractivity contribution >= 4 is 15.9 Å². The lowest BCUT2D eigenvalue weighted by molar-refractivity contribution is 0.304. The fourth-order valence-electron chi connectivity index (χ4n) is 1.65. The van der Waals surface area contributed by atoms with Crippen LogP contribution in [0.2, 0.25) is 0 Å². The minimum Gasteiger partial charge on any atom is -0.488 e. The van der Waals surface area contributed by atoms with Gasteiger partial charge in [0.15, 0.2) is 0 Å². The molecule has 0 fully saturated rings. The zero-order valence-electron chi connectivity index (χ0n) is 10.3. The van der Waals surface area contributed by atoms with Crippen molar-refractivity contribution in [2.24, 2.45) is 5.73 Å². The first-order chi connectivity index (χ1) is 8.66. The molecule has 2 aromatic carbocycles. The van der Waals surface area contributed by atoms with Gasteiger partial charge < -0.3 is 10.5 Å². The Morgan fingerprint density at radius 2 is 1.89 bits per heavy atom. The third kappa shape index (κ3) is 3.34. The fourth-order valence-corrected chi connectivity index (χ4v) is 2.16. The van der Waals surface area contributed by atoms with Gasteiger partial charge in [-0.2, -0.15) is 0 Å². The molecule has 0 aliphatic rings. The quantitative estimate of drug-likeness (QED) is 0.925. The van der Waals surface area contributed by atoms with Crippen LogP contribution in [-0.4, -0.2) is 0 Å². The molecule has 18 heavy (non-hydrogen) atoms. The summed E-state index contributed by atoms with van der Waals surface area (Å²) in [6.45, 7) is 2.53. The summed E-state index contributed by atoms with van der Waals surface area (Å²) in [5.41, 5.74) is 8.08. The van der Waals surface area contributed by atoms with Crippen LogP contribution >= 0.6 is 15.9 Å². The van der Waals surface area contributed by atoms with Gasteiger partial charge in [0.1, 0.15) is 12.4 Å². The van der Waals surface area contributed by atoms with Gasteiger partial charge in [0.25, 0.3) is 0 Å². The highest BCUT2D eigenvalue weighted by Crippen LogP contribution is 2.28. The van der Waals surface area contributed by atoms with Crippen molar-refractivity contribution in [2.45, 2.75) is 19.6 Å². The van der Waals surface area contributed by atoms with Gasteiger partial charge in [0.05, 0.1) is 4.47 Å². The Bertz CT molecular complexity index is 511. The molecule has 0 aliphatic carbocycles. The molecule has 0 bridgehead atoms. The lowest BCUT2D eigenvalue weighted by Crippen LogP contribution is -2.05. The van der Waals surface area contributed by atoms with Crippen molar-refractivity contribution < 1.29 is 4.74 Å². The summed E-state index contributed by atoms with van der Waals surface area (Å²) in [4.78, 5) is 0. The molecular formula is C15H16BrNO. The second kappa shape index (κ2) is 6.03. The van der Waals surface area contributed by atoms with E-state index < -0.39 is 0 Å². The van der Waals surface area contributed by atoms with Gasteiger partial charge in [0, 0.05) is 6.04 Å². The maximum atomic E-state index is 5.84. The third-order valence-electron chi connectivity index (χ3n) is 2.72. The van der Waals surface area contributed by atoms with Gasteiger partial charge in [-0.1, -0.05) is 36.4 Å². The van der Waals surface area contributed by atoms with Crippen molar-refractivity contribution in [3.8, 4) is 5.75 Å². The SMILES string of the molecule is CC(N)c1ccc(OCc2ccccc2)c(Br)c1. The molecule has 2 rings (SSSR count). The first kappa shape index (κ1) is 13.1. The van der Waals surface area contributed by atoms with Crippen LogP contribution in [-0.2, 0) is 6.61 Å². The van der Waals surface area contributed by atoms with Crippen LogP contribution in [0.3, 0.4) is 0 Å². The van der Waals surface area contributed by atoms with Crippen LogP contribution in [0.4, 0.5) is 0 Å². The molecule has 94 valence electrons. The Balaban J connectivity index is 2.06. The molecule has 0 spiro atoms. The molecular weight excluding hydrogens is 290 g/mol. The molecule has 1 unspecified atom stereocenters. The number of halogens is 1. The molecule has 0 saturated heterocycles. The average molecular weight is 306 g/mol. The Labute approximate surface area is 116 Å². The van der Waals surface area contributed by atoms with E-state index >= 15 is 0 Å². The predicted molar refractivity (Wildman–Crippen MR) is 77.5 cm³/mol. The van der Waals surface area contributed by atoms with E-state index in [2.05, 4.69) is 15.9 Å². The van der Waals surface area contributed by atoms with E-state index in [1.54, 1.807) is 0 Å². The zero-order chi connectivity index (χ0) is 13.0. The zero-order valence-corrected chi connectivity index (χ0v) is 11.9. The largest absolute Gasteiger partial charge is 0.488 e. The molecule has 0 amide bonds. The molecule has 0 saturated carbocycles. The van der Waals surface area contributed by atoms with Crippen LogP contribution in [0.25, 0.3) is 0 Å². The van der Waals surface area contributed by atoms with E-state index in [4.69, 9.17) is 10.5 Å². The summed E-state index contributed by atoms with van der Waals surface area (Å²) < 4.78 is 6.71. The first-order valence-electron chi connectivity index (χ1n) is 5.88. The highest BCUT2D eigenvalue weighted by atomic mass is 79.9. The van der Waals surface area contributed by atoms with Gasteiger partial charge in [-0.25, -0.2) is 0 Å². The van der Waals surface area contributed by atoms with E-state index in [-0.39, 0.29) is 6.04 Å². The van der Waals surface area contributed by atoms with Gasteiger partial charge in [-0.3, -0.25) is 0 Å². The Hall–Kier alpha value is -1.32. The van der Waals surface area contributed by atoms with Crippen LogP contribution in [0.15, 0.2) is 53.0 Å². The molecule has 2 N–H and O–H groups in total. The number of nitrogens with two attached hydrogens (primary N) is 1. The normalized spacial score (nSPS) is 12.2. The van der Waals surface area contributed by atoms with Crippen LogP contribution in [0, 0.1) is 0 Å². The van der Waals surface area contributed by atoms with Gasteiger partial charge in [0.2, 0.25) is 0 Å². The molecule has 1 atom stereocenters. The van der Waals surface area contributed by atoms with E-state index in [1.807, 2.05) is 55.5 Å². The van der Waals surface area contributed by atoms with Gasteiger partial charge >= 0.3 is 0 Å². The van der Waals surface area contributed by atoms with Crippen LogP contribution in [0.5, 0.6) is 5.75 Å². The van der Waals surface area contributed by atoms with Crippen LogP contribution < -0.4 is 10.5 Å². The van der Waals surface area contributed by atoms with E-state index in [0.717, 1.165) is 21.3 Å². The van der Waals surface area contributed by atoms with E-state index in [0.29, 0.717) is 6.61 Å². The number of ether oxygens (including phenoxy) is 1. The Kier molecular flexibility index (Phi) is 4.39. The topological polar surface area (TPSA) is 35.2 Å². The monoisotopic (exact) mass is 305 g/mol. The lowest BCUT2D eigenvalue weighted by Gasteiger charge is -2.11. The molecule has 0 aliphatic heterocycles. The maximum absolute atomic E-state index is 5.84. The molecule has 3 heteroatoms. The first-order valence-corrected chi connectivity index (χ1v) is 6.68. The molecule has 0 radical (unpaired) electrons. The smallest absolute Gasteiger partial charge is 0.134 e. The highest BCUT2D eigenvalue weighted by molar-refractivity contribution is 9.10. The van der Waals surface area contributed by atoms with Gasteiger partial charge in [-0.15, -0.1) is 0 Å². The fraction of sp³-hybridized carbons (Fsp3) is 0.200. The summed E-state index contributed by atoms with van der Waals surface area (Å²) in [5, 5.41) is 0. The molecule has 0 heterocycles. The standard InChI is InChI=1S/C15H16BrNO/c1-11(17)13-7-8-15(14(16)9-13)18-10-12-5-3-2-4-6-12/h2-9,11H,10,17H2,1H3. The summed E-state index contributed by atoms with van der Waals surface area (Å²) in [6.07, 6.45) is 0. The summed E-state index contributed by atoms with van der Waals surface area (Å²) in [7, 11) is 0. The highest BCUT2D eigenvalue weighted by Gasteiger charge is 2.05. The van der Waals surface area contributed by atoms with Crippen molar-refractivity contribution in [1.82, 2.24) is 0 Å². The van der Waals surface area contributed by atoms with Crippen molar-refractivity contribution in [3.63, 3.8) is 0 Å². The van der Waals surface area contributed by atoms with Crippen LogP contribution in [0.1, 0.15) is 24.1 Å². The van der Waals surface area contributed by atoms with Crippen molar-refractivity contribution in [3.05, 3.63) is 64.1 Å². The lowest BCUT2D eigenvalue weighted by atomic mass is 10.1. The van der Waals surface area contributed by atoms with E-state index in [1.165, 1.54) is 0 Å². The van der Waals surface area contributed by atoms with Crippen molar-refractivity contribution in [1.29, 1.82) is 0 Å². The van der Waals surface area contributed by atoms with Gasteiger partial charge in [-0.05, 0) is 46.1 Å². The predicted octanol–water partition coefficient (Wildman–Crippen LogP) is 4.05. The molecule has 0 aromatic heterocycles. The minimum atomic E-state index is 0.0319. The third-order valence-corrected chi connectivity index (χ3v) is 3.34. The summed E-state index contributed by atoms with van der Waals surface area (Å²) in [5.74, 6) is 0.836. The number of benzene rings is 2. The second-order valence-corrected chi connectivity index (χ2v) is 5.11. The number of hydrogen-bond acceptors (Lipinski definition) is 2. The van der Waals surface area contributed by atoms with E-state index in [9.17, 15) is 0 Å². The van der Waals surface area contributed by atoms with Crippen molar-refractivity contribution in [2.75, 3.05) is 0 Å². The molecule has 2 nitrogen and oxygen atoms in total. The second-order valence-electron chi connectivity index (χ2n) is 4.25. The molecule has 2 aromatic rings.